The predicted molar refractivity (Wildman–Crippen MR) is 258 cm³/mol. The van der Waals surface area contributed by atoms with Crippen LogP contribution >= 0.6 is 0 Å². The Bertz CT molecular complexity index is 3150. The molecule has 2 bridgehead atoms. The Morgan fingerprint density at radius 1 is 0.197 bits per heavy atom. The van der Waals surface area contributed by atoms with Gasteiger partial charge in [-0.2, -0.15) is 0 Å². The molecule has 11 rings (SSSR count). The van der Waals surface area contributed by atoms with Gasteiger partial charge in [0.25, 0.3) is 0 Å². The number of benzene rings is 10. The van der Waals surface area contributed by atoms with Gasteiger partial charge in [0.2, 0.25) is 0 Å². The molecule has 0 spiro atoms. The third-order valence-corrected chi connectivity index (χ3v) is 12.0. The Morgan fingerprint density at radius 2 is 0.623 bits per heavy atom. The van der Waals surface area contributed by atoms with Gasteiger partial charge >= 0.3 is 0 Å². The molecule has 10 aromatic carbocycles. The fourth-order valence-corrected chi connectivity index (χ4v) is 9.13. The molecule has 0 saturated carbocycles. The van der Waals surface area contributed by atoms with Gasteiger partial charge in [0.15, 0.2) is 0 Å². The van der Waals surface area contributed by atoms with Crippen LogP contribution < -0.4 is 4.90 Å². The maximum Gasteiger partial charge on any atom is 0.0540 e. The monoisotopic (exact) mass is 775 g/mol. The molecule has 0 amide bonds. The summed E-state index contributed by atoms with van der Waals surface area (Å²) in [7, 11) is 0. The predicted octanol–water partition coefficient (Wildman–Crippen LogP) is 16.8. The molecule has 0 aromatic heterocycles. The highest BCUT2D eigenvalue weighted by molar-refractivity contribution is 6.08. The van der Waals surface area contributed by atoms with Crippen molar-refractivity contribution < 1.29 is 0 Å². The van der Waals surface area contributed by atoms with Gasteiger partial charge in [-0.3, -0.25) is 0 Å². The molecule has 0 unspecified atom stereocenters. The molecule has 0 saturated heterocycles. The summed E-state index contributed by atoms with van der Waals surface area (Å²) in [6.45, 7) is 0. The zero-order chi connectivity index (χ0) is 40.5. The largest absolute Gasteiger partial charge is 0.310 e. The molecule has 1 aliphatic carbocycles. The molecule has 0 heterocycles. The average molecular weight is 776 g/mol. The Balaban J connectivity index is 1.16. The van der Waals surface area contributed by atoms with E-state index >= 15 is 0 Å². The molecule has 1 aliphatic rings. The molecule has 61 heavy (non-hydrogen) atoms. The van der Waals surface area contributed by atoms with Crippen LogP contribution in [-0.4, -0.2) is 0 Å². The standard InChI is InChI=1S/C60H41N/c1-5-18-42(19-6-1)45-32-35-50(36-33-45)61(59-31-16-15-28-52(59)46-24-11-4-12-25-46)51-27-17-26-48(38-51)60-57-40-49(44-22-9-3-10-23-44)41-58(60)56-39-47(43-20-7-2-8-21-43)34-37-55(56)53-29-13-14-30-54(53)57/h1-41H. The molecule has 0 radical (unpaired) electrons. The maximum absolute atomic E-state index is 2.42. The topological polar surface area (TPSA) is 3.24 Å². The Morgan fingerprint density at radius 3 is 1.26 bits per heavy atom. The summed E-state index contributed by atoms with van der Waals surface area (Å²) in [4.78, 5) is 2.42. The lowest BCUT2D eigenvalue weighted by Crippen LogP contribution is -2.11. The minimum atomic E-state index is 1.09. The zero-order valence-corrected chi connectivity index (χ0v) is 33.6. The summed E-state index contributed by atoms with van der Waals surface area (Å²) in [5.41, 5.74) is 22.6. The number of nitrogens with zero attached hydrogens (tertiary/aromatic N) is 1. The molecule has 0 fully saturated rings. The molecule has 0 atom stereocenters. The molecular weight excluding hydrogens is 735 g/mol. The van der Waals surface area contributed by atoms with Crippen molar-refractivity contribution in [1.82, 2.24) is 0 Å². The lowest BCUT2D eigenvalue weighted by molar-refractivity contribution is 1.28. The van der Waals surface area contributed by atoms with Crippen LogP contribution in [0.25, 0.3) is 89.0 Å². The number of anilines is 3. The van der Waals surface area contributed by atoms with Gasteiger partial charge in [0.05, 0.1) is 5.69 Å². The van der Waals surface area contributed by atoms with E-state index in [2.05, 4.69) is 254 Å². The first kappa shape index (κ1) is 36.1. The minimum absolute atomic E-state index is 1.09. The Kier molecular flexibility index (Phi) is 9.26. The normalized spacial score (nSPS) is 11.3. The molecule has 1 heteroatoms. The van der Waals surface area contributed by atoms with Gasteiger partial charge < -0.3 is 4.90 Å². The van der Waals surface area contributed by atoms with Crippen LogP contribution in [0.4, 0.5) is 17.1 Å². The van der Waals surface area contributed by atoms with Crippen molar-refractivity contribution in [3.05, 3.63) is 249 Å². The van der Waals surface area contributed by atoms with E-state index in [-0.39, 0.29) is 0 Å². The molecule has 0 N–H and O–H groups in total. The second-order valence-electron chi connectivity index (χ2n) is 15.7. The first-order valence-electron chi connectivity index (χ1n) is 21.0. The van der Waals surface area contributed by atoms with E-state index in [0.29, 0.717) is 0 Å². The number of rotatable bonds is 8. The number of para-hydroxylation sites is 1. The highest BCUT2D eigenvalue weighted by Crippen LogP contribution is 2.53. The summed E-state index contributed by atoms with van der Waals surface area (Å²) in [5, 5.41) is 0. The number of hydrogen-bond acceptors (Lipinski definition) is 1. The van der Waals surface area contributed by atoms with Crippen LogP contribution in [0.3, 0.4) is 0 Å². The van der Waals surface area contributed by atoms with Gasteiger partial charge in [-0.05, 0) is 132 Å². The number of hydrogen-bond donors (Lipinski definition) is 0. The summed E-state index contributed by atoms with van der Waals surface area (Å²) in [6, 6.07) is 90.6. The third-order valence-electron chi connectivity index (χ3n) is 12.0. The molecule has 1 nitrogen and oxygen atoms in total. The van der Waals surface area contributed by atoms with E-state index in [1.54, 1.807) is 0 Å². The first-order valence-corrected chi connectivity index (χ1v) is 21.0. The van der Waals surface area contributed by atoms with Gasteiger partial charge in [-0.25, -0.2) is 0 Å². The molecule has 0 aliphatic heterocycles. The van der Waals surface area contributed by atoms with E-state index in [4.69, 9.17) is 0 Å². The van der Waals surface area contributed by atoms with E-state index in [9.17, 15) is 0 Å². The molecule has 286 valence electrons. The summed E-state index contributed by atoms with van der Waals surface area (Å²) in [5.74, 6) is 0. The van der Waals surface area contributed by atoms with Crippen LogP contribution in [0.5, 0.6) is 0 Å². The van der Waals surface area contributed by atoms with Crippen molar-refractivity contribution in [2.24, 2.45) is 0 Å². The Hall–Kier alpha value is -8.00. The molecule has 10 aromatic rings. The van der Waals surface area contributed by atoms with E-state index in [0.717, 1.165) is 22.6 Å². The van der Waals surface area contributed by atoms with Gasteiger partial charge in [0, 0.05) is 16.9 Å². The highest BCUT2D eigenvalue weighted by atomic mass is 15.1. The second-order valence-corrected chi connectivity index (χ2v) is 15.7. The van der Waals surface area contributed by atoms with Crippen molar-refractivity contribution in [3.63, 3.8) is 0 Å². The lowest BCUT2D eigenvalue weighted by Gasteiger charge is -2.29. The third kappa shape index (κ3) is 6.73. The van der Waals surface area contributed by atoms with Crippen molar-refractivity contribution in [3.8, 4) is 89.0 Å². The number of fused-ring (bicyclic) bond motifs is 7. The highest BCUT2D eigenvalue weighted by Gasteiger charge is 2.26. The van der Waals surface area contributed by atoms with Gasteiger partial charge in [-0.15, -0.1) is 0 Å². The summed E-state index contributed by atoms with van der Waals surface area (Å²) >= 11 is 0. The van der Waals surface area contributed by atoms with Crippen molar-refractivity contribution >= 4 is 17.1 Å². The van der Waals surface area contributed by atoms with Crippen LogP contribution in [0, 0.1) is 0 Å². The van der Waals surface area contributed by atoms with Crippen LogP contribution in [0.2, 0.25) is 0 Å². The van der Waals surface area contributed by atoms with E-state index in [1.807, 2.05) is 0 Å². The second kappa shape index (κ2) is 15.6. The lowest BCUT2D eigenvalue weighted by atomic mass is 9.85. The smallest absolute Gasteiger partial charge is 0.0540 e. The quantitative estimate of drug-likeness (QED) is 0.149. The Labute approximate surface area is 358 Å². The van der Waals surface area contributed by atoms with Crippen LogP contribution in [-0.2, 0) is 0 Å². The van der Waals surface area contributed by atoms with E-state index in [1.165, 1.54) is 83.5 Å². The summed E-state index contributed by atoms with van der Waals surface area (Å²) < 4.78 is 0. The average Bonchev–Trinajstić information content (AvgIpc) is 3.41. The first-order chi connectivity index (χ1) is 30.3. The van der Waals surface area contributed by atoms with Gasteiger partial charge in [0.1, 0.15) is 0 Å². The summed E-state index contributed by atoms with van der Waals surface area (Å²) in [6.07, 6.45) is 0. The van der Waals surface area contributed by atoms with Crippen molar-refractivity contribution in [2.45, 2.75) is 0 Å². The fourth-order valence-electron chi connectivity index (χ4n) is 9.13. The van der Waals surface area contributed by atoms with E-state index < -0.39 is 0 Å². The maximum atomic E-state index is 2.42. The van der Waals surface area contributed by atoms with Crippen molar-refractivity contribution in [2.75, 3.05) is 4.90 Å². The zero-order valence-electron chi connectivity index (χ0n) is 33.6. The molecular formula is C60H41N. The van der Waals surface area contributed by atoms with Crippen LogP contribution in [0.1, 0.15) is 0 Å². The van der Waals surface area contributed by atoms with Gasteiger partial charge in [-0.1, -0.05) is 200 Å². The SMILES string of the molecule is c1ccc(-c2ccc(N(c3cccc(-c4c5cc(-c6ccccc6)cc4-c4cc(-c6ccccc6)ccc4-c4ccccc4-5)c3)c3ccccc3-c3ccccc3)cc2)cc1. The van der Waals surface area contributed by atoms with Crippen molar-refractivity contribution in [1.29, 1.82) is 0 Å². The fraction of sp³-hybridized carbons (Fsp3) is 0. The minimum Gasteiger partial charge on any atom is -0.310 e. The van der Waals surface area contributed by atoms with Crippen LogP contribution in [0.15, 0.2) is 249 Å².